The molecule has 1 saturated heterocycles. The predicted molar refractivity (Wildman–Crippen MR) is 140 cm³/mol. The molecule has 3 amide bonds. The van der Waals surface area contributed by atoms with E-state index in [4.69, 9.17) is 0 Å². The summed E-state index contributed by atoms with van der Waals surface area (Å²) >= 11 is -0.259. The number of aliphatic imine (C=N–C) groups is 1. The van der Waals surface area contributed by atoms with Crippen LogP contribution in [0.5, 0.6) is 0 Å². The second kappa shape index (κ2) is 11.2. The standard InChI is InChI=1S/C26H28F3N5O2S/c1-6-8-19(7-2)31-17(3)32-22-15-18(13-14-30-22)16-33-24(36)34(23(35)25(33,4)5)20-9-11-21(12-10-20)37-26(27,28)29/h6,8-15H,1,7,16H2,2-5H3,(H,30,31,32)/b19-8-. The fraction of sp³-hybridized carbons (Fsp3) is 0.308. The highest BCUT2D eigenvalue weighted by atomic mass is 32.2. The number of thioether (sulfide) groups is 1. The average Bonchev–Trinajstić information content (AvgIpc) is 2.98. The van der Waals surface area contributed by atoms with E-state index in [1.807, 2.05) is 19.9 Å². The van der Waals surface area contributed by atoms with Crippen molar-refractivity contribution in [2.75, 3.05) is 4.90 Å². The van der Waals surface area contributed by atoms with E-state index in [1.165, 1.54) is 29.2 Å². The quantitative estimate of drug-likeness (QED) is 0.137. The highest BCUT2D eigenvalue weighted by molar-refractivity contribution is 8.00. The van der Waals surface area contributed by atoms with Crippen molar-refractivity contribution in [3.8, 4) is 0 Å². The molecule has 7 nitrogen and oxygen atoms in total. The van der Waals surface area contributed by atoms with Gasteiger partial charge in [0, 0.05) is 23.3 Å². The normalized spacial score (nSPS) is 16.4. The zero-order valence-electron chi connectivity index (χ0n) is 21.0. The maximum Gasteiger partial charge on any atom is 0.446 e. The minimum Gasteiger partial charge on any atom is -0.347 e. The van der Waals surface area contributed by atoms with Crippen molar-refractivity contribution in [3.05, 3.63) is 72.6 Å². The lowest BCUT2D eigenvalue weighted by Crippen LogP contribution is -2.43. The van der Waals surface area contributed by atoms with E-state index < -0.39 is 23.0 Å². The number of carbonyl (C=O) groups is 2. The van der Waals surface area contributed by atoms with Gasteiger partial charge in [-0.25, -0.2) is 19.7 Å². The Kier molecular flexibility index (Phi) is 8.47. The molecule has 1 aromatic heterocycles. The van der Waals surface area contributed by atoms with Crippen LogP contribution in [0, 0.1) is 0 Å². The number of anilines is 1. The monoisotopic (exact) mass is 531 g/mol. The zero-order valence-corrected chi connectivity index (χ0v) is 21.8. The number of nitrogens with zero attached hydrogens (tertiary/aromatic N) is 4. The SMILES string of the molecule is C=C/C=C(/CC)NC(C)=Nc1cc(CN2C(=O)N(c3ccc(SC(F)(F)F)cc3)C(=O)C2(C)C)ccn1. The first-order valence-electron chi connectivity index (χ1n) is 11.5. The summed E-state index contributed by atoms with van der Waals surface area (Å²) < 4.78 is 37.9. The summed E-state index contributed by atoms with van der Waals surface area (Å²) in [6.45, 7) is 10.9. The van der Waals surface area contributed by atoms with Crippen molar-refractivity contribution < 1.29 is 22.8 Å². The van der Waals surface area contributed by atoms with Gasteiger partial charge in [0.2, 0.25) is 0 Å². The molecule has 11 heteroatoms. The number of hydrogen-bond acceptors (Lipinski definition) is 5. The molecule has 1 N–H and O–H groups in total. The molecule has 0 aliphatic carbocycles. The van der Waals surface area contributed by atoms with Gasteiger partial charge in [-0.3, -0.25) is 4.79 Å². The highest BCUT2D eigenvalue weighted by Gasteiger charge is 2.51. The summed E-state index contributed by atoms with van der Waals surface area (Å²) in [5.41, 5.74) is -3.74. The number of allylic oxidation sites excluding steroid dienone is 3. The molecule has 1 fully saturated rings. The number of halogens is 3. The molecular weight excluding hydrogens is 503 g/mol. The average molecular weight is 532 g/mol. The molecule has 1 aliphatic rings. The Labute approximate surface area is 218 Å². The van der Waals surface area contributed by atoms with Crippen LogP contribution in [-0.2, 0) is 11.3 Å². The molecule has 1 aliphatic heterocycles. The van der Waals surface area contributed by atoms with Crippen LogP contribution < -0.4 is 10.2 Å². The van der Waals surface area contributed by atoms with E-state index in [-0.39, 0.29) is 28.9 Å². The highest BCUT2D eigenvalue weighted by Crippen LogP contribution is 2.39. The second-order valence-corrected chi connectivity index (χ2v) is 9.87. The van der Waals surface area contributed by atoms with Gasteiger partial charge < -0.3 is 10.2 Å². The summed E-state index contributed by atoms with van der Waals surface area (Å²) in [4.78, 5) is 37.6. The van der Waals surface area contributed by atoms with E-state index in [1.54, 1.807) is 38.3 Å². The molecule has 2 heterocycles. The topological polar surface area (TPSA) is 77.9 Å². The number of alkyl halides is 3. The van der Waals surface area contributed by atoms with Crippen molar-refractivity contribution in [2.45, 2.75) is 56.6 Å². The molecule has 0 bridgehead atoms. The van der Waals surface area contributed by atoms with Crippen LogP contribution in [0.4, 0.5) is 29.5 Å². The smallest absolute Gasteiger partial charge is 0.347 e. The Bertz CT molecular complexity index is 1240. The number of amides is 3. The summed E-state index contributed by atoms with van der Waals surface area (Å²) in [6, 6.07) is 8.05. The number of pyridine rings is 1. The lowest BCUT2D eigenvalue weighted by atomic mass is 10.0. The number of benzene rings is 1. The van der Waals surface area contributed by atoms with Gasteiger partial charge in [0.15, 0.2) is 5.82 Å². The number of aromatic nitrogens is 1. The Balaban J connectivity index is 1.81. The molecule has 37 heavy (non-hydrogen) atoms. The Morgan fingerprint density at radius 2 is 1.89 bits per heavy atom. The molecular formula is C26H28F3N5O2S. The van der Waals surface area contributed by atoms with Gasteiger partial charge in [0.05, 0.1) is 5.69 Å². The van der Waals surface area contributed by atoms with Gasteiger partial charge in [0.25, 0.3) is 5.91 Å². The number of rotatable bonds is 8. The van der Waals surface area contributed by atoms with Crippen molar-refractivity contribution in [1.82, 2.24) is 15.2 Å². The lowest BCUT2D eigenvalue weighted by Gasteiger charge is -2.27. The molecule has 0 spiro atoms. The van der Waals surface area contributed by atoms with Crippen LogP contribution in [0.1, 0.15) is 39.7 Å². The number of hydrogen-bond donors (Lipinski definition) is 1. The van der Waals surface area contributed by atoms with E-state index in [2.05, 4.69) is 21.9 Å². The van der Waals surface area contributed by atoms with Gasteiger partial charge in [-0.15, -0.1) is 0 Å². The fourth-order valence-corrected chi connectivity index (χ4v) is 4.29. The summed E-state index contributed by atoms with van der Waals surface area (Å²) in [5.74, 6) is 0.592. The number of imide groups is 1. The molecule has 3 rings (SSSR count). The fourth-order valence-electron chi connectivity index (χ4n) is 3.75. The van der Waals surface area contributed by atoms with Crippen LogP contribution in [0.3, 0.4) is 0 Å². The van der Waals surface area contributed by atoms with E-state index >= 15 is 0 Å². The largest absolute Gasteiger partial charge is 0.446 e. The molecule has 0 radical (unpaired) electrons. The summed E-state index contributed by atoms with van der Waals surface area (Å²) in [7, 11) is 0. The van der Waals surface area contributed by atoms with Crippen molar-refractivity contribution in [3.63, 3.8) is 0 Å². The number of urea groups is 1. The lowest BCUT2D eigenvalue weighted by molar-refractivity contribution is -0.123. The van der Waals surface area contributed by atoms with Crippen LogP contribution in [0.2, 0.25) is 0 Å². The van der Waals surface area contributed by atoms with E-state index in [0.29, 0.717) is 17.2 Å². The van der Waals surface area contributed by atoms with Gasteiger partial charge >= 0.3 is 11.5 Å². The van der Waals surface area contributed by atoms with Crippen molar-refractivity contribution in [2.24, 2.45) is 4.99 Å². The van der Waals surface area contributed by atoms with Crippen LogP contribution in [0.15, 0.2) is 76.9 Å². The number of amidine groups is 1. The summed E-state index contributed by atoms with van der Waals surface area (Å²) in [6.07, 6.45) is 5.89. The molecule has 0 unspecified atom stereocenters. The van der Waals surface area contributed by atoms with Crippen molar-refractivity contribution in [1.29, 1.82) is 0 Å². The Hall–Kier alpha value is -3.60. The van der Waals surface area contributed by atoms with Crippen LogP contribution in [0.25, 0.3) is 0 Å². The van der Waals surface area contributed by atoms with E-state index in [9.17, 15) is 22.8 Å². The second-order valence-electron chi connectivity index (χ2n) is 8.74. The van der Waals surface area contributed by atoms with Gasteiger partial charge in [0.1, 0.15) is 11.4 Å². The first-order chi connectivity index (χ1) is 17.4. The van der Waals surface area contributed by atoms with Crippen LogP contribution >= 0.6 is 11.8 Å². The predicted octanol–water partition coefficient (Wildman–Crippen LogP) is 6.56. The third-order valence-corrected chi connectivity index (χ3v) is 6.37. The number of nitrogens with one attached hydrogen (secondary N) is 1. The molecule has 0 atom stereocenters. The zero-order chi connectivity index (χ0) is 27.4. The number of carbonyl (C=O) groups excluding carboxylic acids is 2. The van der Waals surface area contributed by atoms with Gasteiger partial charge in [-0.2, -0.15) is 13.2 Å². The van der Waals surface area contributed by atoms with E-state index in [0.717, 1.165) is 17.0 Å². The van der Waals surface area contributed by atoms with Gasteiger partial charge in [-0.05, 0) is 87.0 Å². The Morgan fingerprint density at radius 3 is 2.49 bits per heavy atom. The molecule has 2 aromatic rings. The van der Waals surface area contributed by atoms with Gasteiger partial charge in [-0.1, -0.05) is 19.6 Å². The first-order valence-corrected chi connectivity index (χ1v) is 12.3. The minimum atomic E-state index is -4.43. The molecule has 0 saturated carbocycles. The third kappa shape index (κ3) is 6.79. The molecule has 196 valence electrons. The van der Waals surface area contributed by atoms with Crippen LogP contribution in [-0.4, -0.2) is 38.7 Å². The first kappa shape index (κ1) is 28.0. The Morgan fingerprint density at radius 1 is 1.22 bits per heavy atom. The summed E-state index contributed by atoms with van der Waals surface area (Å²) in [5, 5.41) is 3.19. The van der Waals surface area contributed by atoms with Crippen molar-refractivity contribution >= 4 is 41.0 Å². The molecule has 1 aromatic carbocycles. The maximum absolute atomic E-state index is 13.3. The third-order valence-electron chi connectivity index (χ3n) is 5.63. The maximum atomic E-state index is 13.3. The minimum absolute atomic E-state index is 0.0350.